The Morgan fingerprint density at radius 3 is 2.62 bits per heavy atom. The first-order valence-electron chi connectivity index (χ1n) is 10.8. The van der Waals surface area contributed by atoms with Crippen molar-refractivity contribution in [2.24, 2.45) is 17.8 Å². The third-order valence-corrected chi connectivity index (χ3v) is 6.67. The van der Waals surface area contributed by atoms with E-state index in [4.69, 9.17) is 0 Å². The van der Waals surface area contributed by atoms with Crippen LogP contribution in [0.4, 0.5) is 19.0 Å². The topological polar surface area (TPSA) is 68.5 Å². The first-order chi connectivity index (χ1) is 15.3. The van der Waals surface area contributed by atoms with Gasteiger partial charge in [-0.05, 0) is 67.7 Å². The van der Waals surface area contributed by atoms with Gasteiger partial charge in [-0.2, -0.15) is 0 Å². The van der Waals surface area contributed by atoms with E-state index < -0.39 is 6.36 Å². The number of hydrogen-bond acceptors (Lipinski definition) is 4. The minimum absolute atomic E-state index is 0.0955. The highest BCUT2D eigenvalue weighted by molar-refractivity contribution is 5.98. The van der Waals surface area contributed by atoms with Crippen molar-refractivity contribution in [3.8, 4) is 16.9 Å². The first-order valence-corrected chi connectivity index (χ1v) is 10.8. The van der Waals surface area contributed by atoms with Crippen molar-refractivity contribution < 1.29 is 22.7 Å². The lowest BCUT2D eigenvalue weighted by molar-refractivity contribution is -0.274. The Bertz CT molecular complexity index is 1160. The fourth-order valence-electron chi connectivity index (χ4n) is 5.28. The van der Waals surface area contributed by atoms with Gasteiger partial charge in [-0.25, -0.2) is 9.50 Å². The second kappa shape index (κ2) is 7.79. The Kier molecular flexibility index (Phi) is 5.06. The standard InChI is InChI=1S/C23H23F3N4O2/c1-13-8-9-27-22-20(15-4-6-18(7-5-15)32-23(24,25)26)21(29-30(13)22)28-19(31)12-17-11-14-2-3-16(17)10-14/h4-9,14,16-17H,2-3,10-12H2,1H3,(H,28,29,31). The van der Waals surface area contributed by atoms with Crippen LogP contribution in [0.15, 0.2) is 36.5 Å². The number of ether oxygens (including phenoxy) is 1. The molecule has 2 aromatic heterocycles. The molecule has 0 spiro atoms. The lowest BCUT2D eigenvalue weighted by atomic mass is 9.86. The summed E-state index contributed by atoms with van der Waals surface area (Å²) >= 11 is 0. The number of carbonyl (C=O) groups is 1. The lowest BCUT2D eigenvalue weighted by Crippen LogP contribution is -2.20. The molecule has 3 aromatic rings. The molecule has 1 N–H and O–H groups in total. The Morgan fingerprint density at radius 1 is 1.19 bits per heavy atom. The summed E-state index contributed by atoms with van der Waals surface area (Å²) in [7, 11) is 0. The third kappa shape index (κ3) is 4.03. The molecule has 2 saturated carbocycles. The summed E-state index contributed by atoms with van der Waals surface area (Å²) in [5.74, 6) is 1.74. The largest absolute Gasteiger partial charge is 0.573 e. The quantitative estimate of drug-likeness (QED) is 0.575. The number of nitrogens with zero attached hydrogens (tertiary/aromatic N) is 3. The van der Waals surface area contributed by atoms with Gasteiger partial charge in [-0.15, -0.1) is 18.3 Å². The van der Waals surface area contributed by atoms with Crippen LogP contribution in [-0.4, -0.2) is 26.9 Å². The average Bonchev–Trinajstić information content (AvgIpc) is 3.42. The van der Waals surface area contributed by atoms with Gasteiger partial charge in [-0.1, -0.05) is 18.6 Å². The summed E-state index contributed by atoms with van der Waals surface area (Å²) in [5.41, 5.74) is 2.49. The number of halogens is 3. The van der Waals surface area contributed by atoms with E-state index in [1.807, 2.05) is 6.92 Å². The minimum Gasteiger partial charge on any atom is -0.406 e. The van der Waals surface area contributed by atoms with Crippen LogP contribution in [0.25, 0.3) is 16.8 Å². The van der Waals surface area contributed by atoms with E-state index in [1.165, 1.54) is 43.5 Å². The lowest BCUT2D eigenvalue weighted by Gasteiger charge is -2.20. The maximum absolute atomic E-state index is 12.9. The number of aryl methyl sites for hydroxylation is 1. The summed E-state index contributed by atoms with van der Waals surface area (Å²) in [6.45, 7) is 1.87. The van der Waals surface area contributed by atoms with Crippen molar-refractivity contribution in [1.82, 2.24) is 14.6 Å². The molecule has 9 heteroatoms. The Hall–Kier alpha value is -3.10. The fourth-order valence-corrected chi connectivity index (χ4v) is 5.28. The molecule has 3 unspecified atom stereocenters. The highest BCUT2D eigenvalue weighted by atomic mass is 19.4. The van der Waals surface area contributed by atoms with E-state index in [-0.39, 0.29) is 11.7 Å². The van der Waals surface area contributed by atoms with Crippen LogP contribution < -0.4 is 10.1 Å². The highest BCUT2D eigenvalue weighted by Gasteiger charge is 2.40. The number of fused-ring (bicyclic) bond motifs is 3. The second-order valence-electron chi connectivity index (χ2n) is 8.80. The number of benzene rings is 1. The zero-order chi connectivity index (χ0) is 22.5. The van der Waals surface area contributed by atoms with Crippen LogP contribution in [0, 0.1) is 24.7 Å². The molecule has 0 saturated heterocycles. The molecule has 32 heavy (non-hydrogen) atoms. The molecule has 1 amide bonds. The van der Waals surface area contributed by atoms with E-state index >= 15 is 0 Å². The minimum atomic E-state index is -4.76. The smallest absolute Gasteiger partial charge is 0.406 e. The Balaban J connectivity index is 1.44. The number of carbonyl (C=O) groups excluding carboxylic acids is 1. The summed E-state index contributed by atoms with van der Waals surface area (Å²) in [6.07, 6.45) is 2.15. The van der Waals surface area contributed by atoms with E-state index in [0.717, 1.165) is 18.0 Å². The number of anilines is 1. The van der Waals surface area contributed by atoms with Crippen LogP contribution in [0.1, 0.15) is 37.8 Å². The molecular weight excluding hydrogens is 421 g/mol. The number of nitrogens with one attached hydrogen (secondary N) is 1. The molecule has 0 aliphatic heterocycles. The van der Waals surface area contributed by atoms with Gasteiger partial charge in [0.05, 0.1) is 5.56 Å². The second-order valence-corrected chi connectivity index (χ2v) is 8.80. The van der Waals surface area contributed by atoms with Crippen molar-refractivity contribution in [3.05, 3.63) is 42.2 Å². The number of rotatable bonds is 5. The van der Waals surface area contributed by atoms with Crippen molar-refractivity contribution in [2.45, 2.75) is 45.4 Å². The maximum atomic E-state index is 12.9. The molecular formula is C23H23F3N4O2. The number of alkyl halides is 3. The maximum Gasteiger partial charge on any atom is 0.573 e. The normalized spacial score (nSPS) is 22.4. The SMILES string of the molecule is Cc1ccnc2c(-c3ccc(OC(F)(F)F)cc3)c(NC(=O)CC3CC4CCC3C4)nn12. The predicted molar refractivity (Wildman–Crippen MR) is 112 cm³/mol. The fraction of sp³-hybridized carbons (Fsp3) is 0.435. The average molecular weight is 444 g/mol. The van der Waals surface area contributed by atoms with Crippen molar-refractivity contribution in [1.29, 1.82) is 0 Å². The van der Waals surface area contributed by atoms with Gasteiger partial charge in [0.15, 0.2) is 11.5 Å². The van der Waals surface area contributed by atoms with Crippen molar-refractivity contribution >= 4 is 17.4 Å². The molecule has 2 bridgehead atoms. The van der Waals surface area contributed by atoms with Crippen molar-refractivity contribution in [3.63, 3.8) is 0 Å². The number of amides is 1. The summed E-state index contributed by atoms with van der Waals surface area (Å²) in [6, 6.07) is 7.29. The number of aromatic nitrogens is 3. The van der Waals surface area contributed by atoms with Crippen molar-refractivity contribution in [2.75, 3.05) is 5.32 Å². The summed E-state index contributed by atoms with van der Waals surface area (Å²) < 4.78 is 43.1. The monoisotopic (exact) mass is 444 g/mol. The molecule has 3 atom stereocenters. The molecule has 5 rings (SSSR count). The third-order valence-electron chi connectivity index (χ3n) is 6.67. The Morgan fingerprint density at radius 2 is 1.97 bits per heavy atom. The molecule has 2 fully saturated rings. The highest BCUT2D eigenvalue weighted by Crippen LogP contribution is 2.49. The van der Waals surface area contributed by atoms with Crippen LogP contribution in [0.3, 0.4) is 0 Å². The van der Waals surface area contributed by atoms with Crippen LogP contribution in [-0.2, 0) is 4.79 Å². The van der Waals surface area contributed by atoms with Gasteiger partial charge < -0.3 is 10.1 Å². The Labute approximate surface area is 182 Å². The van der Waals surface area contributed by atoms with Gasteiger partial charge in [0.2, 0.25) is 5.91 Å². The van der Waals surface area contributed by atoms with E-state index in [9.17, 15) is 18.0 Å². The zero-order valence-corrected chi connectivity index (χ0v) is 17.5. The van der Waals surface area contributed by atoms with Gasteiger partial charge in [-0.3, -0.25) is 4.79 Å². The molecule has 2 aliphatic carbocycles. The van der Waals surface area contributed by atoms with E-state index in [1.54, 1.807) is 16.8 Å². The molecule has 1 aromatic carbocycles. The summed E-state index contributed by atoms with van der Waals surface area (Å²) in [4.78, 5) is 17.3. The zero-order valence-electron chi connectivity index (χ0n) is 17.5. The van der Waals surface area contributed by atoms with Gasteiger partial charge in [0.1, 0.15) is 5.75 Å². The molecule has 2 aliphatic rings. The van der Waals surface area contributed by atoms with Gasteiger partial charge in [0, 0.05) is 18.3 Å². The first kappa shape index (κ1) is 20.8. The van der Waals surface area contributed by atoms with Crippen LogP contribution in [0.2, 0.25) is 0 Å². The van der Waals surface area contributed by atoms with Gasteiger partial charge in [0.25, 0.3) is 0 Å². The summed E-state index contributed by atoms with van der Waals surface area (Å²) in [5, 5.41) is 7.49. The molecule has 168 valence electrons. The number of hydrogen-bond donors (Lipinski definition) is 1. The molecule has 0 radical (unpaired) electrons. The van der Waals surface area contributed by atoms with E-state index in [2.05, 4.69) is 20.1 Å². The van der Waals surface area contributed by atoms with Crippen LogP contribution in [0.5, 0.6) is 5.75 Å². The molecule has 2 heterocycles. The molecule has 6 nitrogen and oxygen atoms in total. The van der Waals surface area contributed by atoms with E-state index in [0.29, 0.717) is 40.8 Å². The van der Waals surface area contributed by atoms with Crippen LogP contribution >= 0.6 is 0 Å². The van der Waals surface area contributed by atoms with Gasteiger partial charge >= 0.3 is 6.36 Å². The predicted octanol–water partition coefficient (Wildman–Crippen LogP) is 5.37.